The highest BCUT2D eigenvalue weighted by atomic mass is 16.5. The molecule has 0 saturated carbocycles. The van der Waals surface area contributed by atoms with Crippen molar-refractivity contribution in [1.29, 1.82) is 0 Å². The third kappa shape index (κ3) is 4.32. The highest BCUT2D eigenvalue weighted by Gasteiger charge is 2.47. The Morgan fingerprint density at radius 3 is 2.44 bits per heavy atom. The Hall–Kier alpha value is -3.80. The Labute approximate surface area is 212 Å². The highest BCUT2D eigenvalue weighted by molar-refractivity contribution is 6.02. The summed E-state index contributed by atoms with van der Waals surface area (Å²) in [5.74, 6) is 0.278. The van der Waals surface area contributed by atoms with Crippen molar-refractivity contribution in [2.75, 3.05) is 20.8 Å². The average Bonchev–Trinajstić information content (AvgIpc) is 2.91. The molecule has 1 N–H and O–H groups in total. The summed E-state index contributed by atoms with van der Waals surface area (Å²) >= 11 is 0. The molecule has 3 aromatic carbocycles. The number of aryl methyl sites for hydroxylation is 1. The van der Waals surface area contributed by atoms with E-state index in [1.165, 1.54) is 11.1 Å². The monoisotopic (exact) mass is 484 g/mol. The van der Waals surface area contributed by atoms with Gasteiger partial charge >= 0.3 is 0 Å². The summed E-state index contributed by atoms with van der Waals surface area (Å²) in [6.07, 6.45) is 2.47. The molecule has 0 unspecified atom stereocenters. The second-order valence-corrected chi connectivity index (χ2v) is 9.60. The number of carbonyl (C=O) groups excluding carboxylic acids is 2. The smallest absolute Gasteiger partial charge is 0.254 e. The predicted molar refractivity (Wildman–Crippen MR) is 139 cm³/mol. The fraction of sp³-hybridized carbons (Fsp3) is 0.333. The normalized spacial score (nSPS) is 19.0. The number of hydrogen-bond donors (Lipinski definition) is 1. The van der Waals surface area contributed by atoms with Crippen LogP contribution in [0.3, 0.4) is 0 Å². The van der Waals surface area contributed by atoms with Gasteiger partial charge in [0, 0.05) is 18.2 Å². The molecule has 0 saturated heterocycles. The molecule has 0 aliphatic carbocycles. The lowest BCUT2D eigenvalue weighted by molar-refractivity contribution is -0.125. The van der Waals surface area contributed by atoms with Crippen LogP contribution in [0.2, 0.25) is 0 Å². The third-order valence-electron chi connectivity index (χ3n) is 7.41. The molecule has 36 heavy (non-hydrogen) atoms. The number of carbonyl (C=O) groups is 2. The number of hydrogen-bond acceptors (Lipinski definition) is 4. The van der Waals surface area contributed by atoms with Crippen LogP contribution in [-0.2, 0) is 17.6 Å². The molecule has 5 rings (SSSR count). The van der Waals surface area contributed by atoms with Gasteiger partial charge in [0.1, 0.15) is 0 Å². The van der Waals surface area contributed by atoms with Crippen molar-refractivity contribution >= 4 is 11.8 Å². The number of nitrogens with one attached hydrogen (secondary N) is 1. The number of rotatable bonds is 7. The lowest BCUT2D eigenvalue weighted by atomic mass is 9.75. The molecule has 0 fully saturated rings. The molecule has 2 aliphatic heterocycles. The first kappa shape index (κ1) is 23.9. The van der Waals surface area contributed by atoms with Crippen LogP contribution < -0.4 is 14.8 Å². The molecule has 2 heterocycles. The van der Waals surface area contributed by atoms with E-state index in [0.29, 0.717) is 29.2 Å². The third-order valence-corrected chi connectivity index (χ3v) is 7.41. The Morgan fingerprint density at radius 2 is 1.69 bits per heavy atom. The summed E-state index contributed by atoms with van der Waals surface area (Å²) in [5, 5.41) is 3.26. The Balaban J connectivity index is 1.52. The molecule has 186 valence electrons. The minimum atomic E-state index is -0.557. The van der Waals surface area contributed by atoms with Gasteiger partial charge in [0.05, 0.1) is 26.2 Å². The molecule has 0 aromatic heterocycles. The van der Waals surface area contributed by atoms with Gasteiger partial charge in [0.25, 0.3) is 5.91 Å². The van der Waals surface area contributed by atoms with Crippen LogP contribution in [0, 0.1) is 0 Å². The minimum Gasteiger partial charge on any atom is -0.493 e. The SMILES string of the molecule is COc1cc2c(cc1OC)[C@H](C(=O)N[C@H](C)CCc1ccccc1)[C@@H]1c3ccccc3CCN1C2=O. The summed E-state index contributed by atoms with van der Waals surface area (Å²) < 4.78 is 11.0. The summed E-state index contributed by atoms with van der Waals surface area (Å²) in [5.41, 5.74) is 4.65. The van der Waals surface area contributed by atoms with E-state index in [1.54, 1.807) is 26.4 Å². The van der Waals surface area contributed by atoms with Crippen LogP contribution in [0.25, 0.3) is 0 Å². The van der Waals surface area contributed by atoms with E-state index in [4.69, 9.17) is 9.47 Å². The van der Waals surface area contributed by atoms with Crippen molar-refractivity contribution in [1.82, 2.24) is 10.2 Å². The predicted octanol–water partition coefficient (Wildman–Crippen LogP) is 4.68. The largest absolute Gasteiger partial charge is 0.493 e. The van der Waals surface area contributed by atoms with Gasteiger partial charge in [0.15, 0.2) is 11.5 Å². The van der Waals surface area contributed by atoms with Crippen molar-refractivity contribution in [3.8, 4) is 11.5 Å². The summed E-state index contributed by atoms with van der Waals surface area (Å²) in [6.45, 7) is 2.61. The number of ether oxygens (including phenoxy) is 2. The average molecular weight is 485 g/mol. The van der Waals surface area contributed by atoms with Crippen molar-refractivity contribution in [2.24, 2.45) is 0 Å². The standard InChI is InChI=1S/C30H32N2O4/c1-19(13-14-20-9-5-4-6-10-20)31-29(33)27-23-17-25(35-2)26(36-3)18-24(23)30(34)32-16-15-21-11-7-8-12-22(21)28(27)32/h4-12,17-19,27-28H,13-16H2,1-3H3,(H,31,33)/t19-,27+,28+/m1/s1. The maximum Gasteiger partial charge on any atom is 0.254 e. The van der Waals surface area contributed by atoms with E-state index in [1.807, 2.05) is 48.2 Å². The zero-order valence-electron chi connectivity index (χ0n) is 21.0. The Kier molecular flexibility index (Phi) is 6.68. The zero-order chi connectivity index (χ0) is 25.2. The Morgan fingerprint density at radius 1 is 1.00 bits per heavy atom. The van der Waals surface area contributed by atoms with E-state index in [2.05, 4.69) is 23.5 Å². The molecule has 6 nitrogen and oxygen atoms in total. The minimum absolute atomic E-state index is 0.0220. The van der Waals surface area contributed by atoms with Gasteiger partial charge in [-0.1, -0.05) is 54.6 Å². The van der Waals surface area contributed by atoms with Crippen molar-refractivity contribution in [3.05, 3.63) is 94.5 Å². The van der Waals surface area contributed by atoms with E-state index < -0.39 is 5.92 Å². The van der Waals surface area contributed by atoms with Crippen LogP contribution in [-0.4, -0.2) is 43.5 Å². The van der Waals surface area contributed by atoms with E-state index >= 15 is 0 Å². The van der Waals surface area contributed by atoms with Gasteiger partial charge in [-0.15, -0.1) is 0 Å². The van der Waals surface area contributed by atoms with Crippen molar-refractivity contribution in [2.45, 2.75) is 44.2 Å². The van der Waals surface area contributed by atoms with Crippen LogP contribution in [0.4, 0.5) is 0 Å². The molecule has 0 bridgehead atoms. The van der Waals surface area contributed by atoms with Gasteiger partial charge in [0.2, 0.25) is 5.91 Å². The fourth-order valence-corrected chi connectivity index (χ4v) is 5.56. The molecule has 6 heteroatoms. The summed E-state index contributed by atoms with van der Waals surface area (Å²) in [4.78, 5) is 29.5. The van der Waals surface area contributed by atoms with Gasteiger partial charge in [-0.3, -0.25) is 9.59 Å². The second kappa shape index (κ2) is 10.1. The maximum atomic E-state index is 14.0. The lowest BCUT2D eigenvalue weighted by Gasteiger charge is -2.45. The number of amides is 2. The number of benzene rings is 3. The number of fused-ring (bicyclic) bond motifs is 4. The first-order chi connectivity index (χ1) is 17.5. The van der Waals surface area contributed by atoms with Crippen LogP contribution in [0.5, 0.6) is 11.5 Å². The van der Waals surface area contributed by atoms with Crippen LogP contribution >= 0.6 is 0 Å². The molecule has 3 aromatic rings. The molecule has 3 atom stereocenters. The lowest BCUT2D eigenvalue weighted by Crippen LogP contribution is -2.51. The maximum absolute atomic E-state index is 14.0. The summed E-state index contributed by atoms with van der Waals surface area (Å²) in [7, 11) is 3.12. The van der Waals surface area contributed by atoms with Crippen molar-refractivity contribution in [3.63, 3.8) is 0 Å². The molecule has 0 radical (unpaired) electrons. The van der Waals surface area contributed by atoms with Crippen molar-refractivity contribution < 1.29 is 19.1 Å². The molecule has 2 amide bonds. The number of nitrogens with zero attached hydrogens (tertiary/aromatic N) is 1. The van der Waals surface area contributed by atoms with E-state index in [9.17, 15) is 9.59 Å². The topological polar surface area (TPSA) is 67.9 Å². The molecular weight excluding hydrogens is 452 g/mol. The highest BCUT2D eigenvalue weighted by Crippen LogP contribution is 2.48. The Bertz CT molecular complexity index is 1270. The van der Waals surface area contributed by atoms with E-state index in [-0.39, 0.29) is 23.9 Å². The molecule has 0 spiro atoms. The fourth-order valence-electron chi connectivity index (χ4n) is 5.56. The zero-order valence-corrected chi connectivity index (χ0v) is 21.0. The van der Waals surface area contributed by atoms with E-state index in [0.717, 1.165) is 24.8 Å². The van der Waals surface area contributed by atoms with Gasteiger partial charge < -0.3 is 19.7 Å². The first-order valence-corrected chi connectivity index (χ1v) is 12.5. The number of methoxy groups -OCH3 is 2. The van der Waals surface area contributed by atoms with Gasteiger partial charge in [-0.25, -0.2) is 0 Å². The molecule has 2 aliphatic rings. The second-order valence-electron chi connectivity index (χ2n) is 9.60. The summed E-state index contributed by atoms with van der Waals surface area (Å²) in [6, 6.07) is 21.6. The first-order valence-electron chi connectivity index (χ1n) is 12.5. The van der Waals surface area contributed by atoms with Crippen LogP contribution in [0.1, 0.15) is 57.9 Å². The van der Waals surface area contributed by atoms with Gasteiger partial charge in [-0.05, 0) is 60.6 Å². The van der Waals surface area contributed by atoms with Crippen LogP contribution in [0.15, 0.2) is 66.7 Å². The quantitative estimate of drug-likeness (QED) is 0.529. The van der Waals surface area contributed by atoms with Gasteiger partial charge in [-0.2, -0.15) is 0 Å². The molecular formula is C30H32N2O4.